The first-order chi connectivity index (χ1) is 9.81. The number of morpholine rings is 1. The van der Waals surface area contributed by atoms with Crippen LogP contribution in [0, 0.1) is 0 Å². The summed E-state index contributed by atoms with van der Waals surface area (Å²) in [5.74, 6) is 1.40. The summed E-state index contributed by atoms with van der Waals surface area (Å²) in [7, 11) is 0. The Hall–Kier alpha value is -1.40. The van der Waals surface area contributed by atoms with Crippen molar-refractivity contribution in [3.8, 4) is 5.88 Å². The lowest BCUT2D eigenvalue weighted by Gasteiger charge is -2.28. The van der Waals surface area contributed by atoms with Gasteiger partial charge in [-0.05, 0) is 25.7 Å². The van der Waals surface area contributed by atoms with Gasteiger partial charge in [0.25, 0.3) is 0 Å². The van der Waals surface area contributed by atoms with Crippen LogP contribution < -0.4 is 15.4 Å². The maximum Gasteiger partial charge on any atom is 0.228 e. The van der Waals surface area contributed by atoms with E-state index in [1.807, 2.05) is 6.07 Å². The second-order valence-corrected chi connectivity index (χ2v) is 5.45. The molecule has 3 rings (SSSR count). The van der Waals surface area contributed by atoms with Gasteiger partial charge in [0, 0.05) is 31.4 Å². The van der Waals surface area contributed by atoms with E-state index < -0.39 is 0 Å². The van der Waals surface area contributed by atoms with Gasteiger partial charge in [0.15, 0.2) is 0 Å². The number of hydrogen-bond acceptors (Lipinski definition) is 6. The van der Waals surface area contributed by atoms with Crippen molar-refractivity contribution in [3.05, 3.63) is 12.3 Å². The zero-order valence-corrected chi connectivity index (χ0v) is 11.7. The molecule has 110 valence electrons. The highest BCUT2D eigenvalue weighted by Gasteiger charge is 2.21. The highest BCUT2D eigenvalue weighted by atomic mass is 16.5. The number of hydrogen-bond donors (Lipinski definition) is 1. The van der Waals surface area contributed by atoms with E-state index in [-0.39, 0.29) is 6.10 Å². The normalized spacial score (nSPS) is 27.4. The lowest BCUT2D eigenvalue weighted by Crippen LogP contribution is -2.37. The summed E-state index contributed by atoms with van der Waals surface area (Å²) >= 11 is 0. The van der Waals surface area contributed by atoms with Gasteiger partial charge in [-0.15, -0.1) is 0 Å². The Morgan fingerprint density at radius 2 is 1.95 bits per heavy atom. The molecule has 0 unspecified atom stereocenters. The molecule has 1 aromatic heterocycles. The lowest BCUT2D eigenvalue weighted by molar-refractivity contribution is 0.121. The predicted molar refractivity (Wildman–Crippen MR) is 75.9 cm³/mol. The molecule has 2 fully saturated rings. The van der Waals surface area contributed by atoms with Gasteiger partial charge in [-0.3, -0.25) is 0 Å². The van der Waals surface area contributed by atoms with Gasteiger partial charge in [0.1, 0.15) is 6.10 Å². The number of nitrogens with zero attached hydrogens (tertiary/aromatic N) is 3. The van der Waals surface area contributed by atoms with E-state index in [2.05, 4.69) is 14.9 Å². The fourth-order valence-electron chi connectivity index (χ4n) is 2.69. The smallest absolute Gasteiger partial charge is 0.228 e. The summed E-state index contributed by atoms with van der Waals surface area (Å²) in [6.07, 6.45) is 6.10. The van der Waals surface area contributed by atoms with Gasteiger partial charge in [0.2, 0.25) is 11.8 Å². The van der Waals surface area contributed by atoms with E-state index in [4.69, 9.17) is 15.2 Å². The molecule has 2 aliphatic rings. The summed E-state index contributed by atoms with van der Waals surface area (Å²) in [5, 5.41) is 0. The number of rotatable bonds is 3. The topological polar surface area (TPSA) is 73.5 Å². The van der Waals surface area contributed by atoms with E-state index >= 15 is 0 Å². The molecule has 0 amide bonds. The molecule has 0 atom stereocenters. The SMILES string of the molecule is NC1CCC(Oc2ccnc(N3CCOCC3)n2)CC1. The lowest BCUT2D eigenvalue weighted by atomic mass is 9.94. The monoisotopic (exact) mass is 278 g/mol. The van der Waals surface area contributed by atoms with Gasteiger partial charge in [-0.25, -0.2) is 4.98 Å². The summed E-state index contributed by atoms with van der Waals surface area (Å²) in [6.45, 7) is 3.13. The zero-order valence-electron chi connectivity index (χ0n) is 11.7. The number of ether oxygens (including phenoxy) is 2. The molecule has 2 heterocycles. The molecule has 20 heavy (non-hydrogen) atoms. The molecule has 0 bridgehead atoms. The van der Waals surface area contributed by atoms with Crippen molar-refractivity contribution in [1.29, 1.82) is 0 Å². The fraction of sp³-hybridized carbons (Fsp3) is 0.714. The second kappa shape index (κ2) is 6.37. The van der Waals surface area contributed by atoms with Crippen LogP contribution in [-0.4, -0.2) is 48.4 Å². The minimum atomic E-state index is 0.238. The molecule has 1 saturated heterocycles. The van der Waals surface area contributed by atoms with E-state index in [0.717, 1.165) is 57.9 Å². The van der Waals surface area contributed by atoms with Crippen molar-refractivity contribution in [2.45, 2.75) is 37.8 Å². The Bertz CT molecular complexity index is 429. The van der Waals surface area contributed by atoms with Gasteiger partial charge < -0.3 is 20.1 Å². The van der Waals surface area contributed by atoms with Crippen LogP contribution in [0.1, 0.15) is 25.7 Å². The van der Waals surface area contributed by atoms with E-state index in [9.17, 15) is 0 Å². The van der Waals surface area contributed by atoms with Crippen molar-refractivity contribution in [1.82, 2.24) is 9.97 Å². The van der Waals surface area contributed by atoms with Crippen LogP contribution in [0.2, 0.25) is 0 Å². The van der Waals surface area contributed by atoms with Crippen molar-refractivity contribution in [2.24, 2.45) is 5.73 Å². The average Bonchev–Trinajstić information content (AvgIpc) is 2.51. The van der Waals surface area contributed by atoms with E-state index in [1.165, 1.54) is 0 Å². The second-order valence-electron chi connectivity index (χ2n) is 5.45. The molecular weight excluding hydrogens is 256 g/mol. The first kappa shape index (κ1) is 13.6. The maximum atomic E-state index is 5.97. The quantitative estimate of drug-likeness (QED) is 0.888. The Balaban J connectivity index is 1.62. The highest BCUT2D eigenvalue weighted by molar-refractivity contribution is 5.32. The largest absolute Gasteiger partial charge is 0.474 e. The molecule has 6 nitrogen and oxygen atoms in total. The van der Waals surface area contributed by atoms with Crippen molar-refractivity contribution >= 4 is 5.95 Å². The van der Waals surface area contributed by atoms with Crippen LogP contribution in [0.15, 0.2) is 12.3 Å². The highest BCUT2D eigenvalue weighted by Crippen LogP contribution is 2.22. The van der Waals surface area contributed by atoms with Crippen LogP contribution in [0.25, 0.3) is 0 Å². The van der Waals surface area contributed by atoms with Gasteiger partial charge in [-0.1, -0.05) is 0 Å². The third-order valence-electron chi connectivity index (χ3n) is 3.92. The summed E-state index contributed by atoms with van der Waals surface area (Å²) < 4.78 is 11.3. The molecule has 0 spiro atoms. The van der Waals surface area contributed by atoms with Gasteiger partial charge in [-0.2, -0.15) is 4.98 Å². The third-order valence-corrected chi connectivity index (χ3v) is 3.92. The molecule has 0 radical (unpaired) electrons. The van der Waals surface area contributed by atoms with Crippen LogP contribution in [0.4, 0.5) is 5.95 Å². The summed E-state index contributed by atoms with van der Waals surface area (Å²) in [5.41, 5.74) is 5.91. The minimum absolute atomic E-state index is 0.238. The summed E-state index contributed by atoms with van der Waals surface area (Å²) in [4.78, 5) is 11.0. The molecule has 1 aromatic rings. The van der Waals surface area contributed by atoms with Crippen LogP contribution >= 0.6 is 0 Å². The van der Waals surface area contributed by atoms with Crippen molar-refractivity contribution in [2.75, 3.05) is 31.2 Å². The molecule has 0 aromatic carbocycles. The third kappa shape index (κ3) is 3.37. The van der Waals surface area contributed by atoms with Gasteiger partial charge in [0.05, 0.1) is 13.2 Å². The maximum absolute atomic E-state index is 5.97. The average molecular weight is 278 g/mol. The Kier molecular flexibility index (Phi) is 4.32. The minimum Gasteiger partial charge on any atom is -0.474 e. The van der Waals surface area contributed by atoms with E-state index in [0.29, 0.717) is 11.9 Å². The Labute approximate surface area is 119 Å². The molecule has 1 aliphatic carbocycles. The number of anilines is 1. The van der Waals surface area contributed by atoms with E-state index in [1.54, 1.807) is 6.20 Å². The predicted octanol–water partition coefficient (Wildman–Crippen LogP) is 0.962. The molecule has 6 heteroatoms. The molecule has 1 aliphatic heterocycles. The van der Waals surface area contributed by atoms with Crippen LogP contribution in [0.5, 0.6) is 5.88 Å². The molecular formula is C14H22N4O2. The first-order valence-electron chi connectivity index (χ1n) is 7.39. The summed E-state index contributed by atoms with van der Waals surface area (Å²) in [6, 6.07) is 2.17. The Morgan fingerprint density at radius 3 is 2.70 bits per heavy atom. The standard InChI is InChI=1S/C14H22N4O2/c15-11-1-3-12(4-2-11)20-13-5-6-16-14(17-13)18-7-9-19-10-8-18/h5-6,11-12H,1-4,7-10,15H2. The Morgan fingerprint density at radius 1 is 1.20 bits per heavy atom. The van der Waals surface area contributed by atoms with Crippen LogP contribution in [-0.2, 0) is 4.74 Å². The number of aromatic nitrogens is 2. The van der Waals surface area contributed by atoms with Crippen LogP contribution in [0.3, 0.4) is 0 Å². The molecule has 2 N–H and O–H groups in total. The van der Waals surface area contributed by atoms with Crippen molar-refractivity contribution < 1.29 is 9.47 Å². The van der Waals surface area contributed by atoms with Gasteiger partial charge >= 0.3 is 0 Å². The van der Waals surface area contributed by atoms with Crippen molar-refractivity contribution in [3.63, 3.8) is 0 Å². The number of nitrogens with two attached hydrogens (primary N) is 1. The first-order valence-corrected chi connectivity index (χ1v) is 7.39. The zero-order chi connectivity index (χ0) is 13.8. The molecule has 1 saturated carbocycles. The fourth-order valence-corrected chi connectivity index (χ4v) is 2.69.